The molecule has 1 aliphatic rings. The lowest BCUT2D eigenvalue weighted by Crippen LogP contribution is -2.44. The molecule has 0 bridgehead atoms. The fourth-order valence-corrected chi connectivity index (χ4v) is 0.847. The fourth-order valence-electron chi connectivity index (χ4n) is 0.847. The zero-order valence-corrected chi connectivity index (χ0v) is 5.22. The molecule has 0 spiro atoms. The highest BCUT2D eigenvalue weighted by atomic mass is 16.3. The van der Waals surface area contributed by atoms with Crippen LogP contribution in [0.4, 0.5) is 0 Å². The van der Waals surface area contributed by atoms with Gasteiger partial charge in [-0.15, -0.1) is 0 Å². The van der Waals surface area contributed by atoms with E-state index in [-0.39, 0.29) is 0 Å². The largest absolute Gasteiger partial charge is 0.395 e. The van der Waals surface area contributed by atoms with Crippen LogP contribution in [0.3, 0.4) is 0 Å². The summed E-state index contributed by atoms with van der Waals surface area (Å²) in [6.07, 6.45) is 0. The number of piperazine rings is 1. The van der Waals surface area contributed by atoms with Crippen molar-refractivity contribution in [2.24, 2.45) is 0 Å². The molecule has 2 N–H and O–H groups in total. The van der Waals surface area contributed by atoms with Crippen LogP contribution in [0.2, 0.25) is 0 Å². The Hall–Kier alpha value is -0.120. The first-order valence-corrected chi connectivity index (χ1v) is 3.04. The molecule has 0 aromatic heterocycles. The monoisotopic (exact) mass is 134 g/mol. The van der Waals surface area contributed by atoms with Crippen LogP contribution in [0.15, 0.2) is 0 Å². The van der Waals surface area contributed by atoms with Crippen LogP contribution in [0.25, 0.3) is 0 Å². The standard InChI is InChI=1S/C6H14N2O/c9-6-5-8-3-1-7-2-4-8/h7,9H,1-6H2/i5D2,6D2. The summed E-state index contributed by atoms with van der Waals surface area (Å²) in [5.74, 6) is 0. The van der Waals surface area contributed by atoms with Gasteiger partial charge < -0.3 is 10.4 Å². The van der Waals surface area contributed by atoms with Crippen molar-refractivity contribution in [3.05, 3.63) is 0 Å². The van der Waals surface area contributed by atoms with Crippen LogP contribution in [0, 0.1) is 0 Å². The second-order valence-electron chi connectivity index (χ2n) is 1.96. The molecule has 0 unspecified atom stereocenters. The third-order valence-corrected chi connectivity index (χ3v) is 1.33. The molecule has 1 rings (SSSR count). The van der Waals surface area contributed by atoms with Crippen molar-refractivity contribution in [2.75, 3.05) is 39.2 Å². The number of rotatable bonds is 2. The lowest BCUT2D eigenvalue weighted by atomic mass is 10.4. The normalized spacial score (nSPS) is 32.1. The minimum atomic E-state index is -2.82. The Labute approximate surface area is 61.3 Å². The first-order valence-electron chi connectivity index (χ1n) is 5.04. The van der Waals surface area contributed by atoms with E-state index in [1.54, 1.807) is 0 Å². The van der Waals surface area contributed by atoms with E-state index in [1.165, 1.54) is 4.90 Å². The molecule has 3 nitrogen and oxygen atoms in total. The molecule has 3 heteroatoms. The highest BCUT2D eigenvalue weighted by Crippen LogP contribution is 1.88. The Morgan fingerprint density at radius 2 is 2.22 bits per heavy atom. The number of hydrogen-bond acceptors (Lipinski definition) is 3. The van der Waals surface area contributed by atoms with Gasteiger partial charge in [-0.25, -0.2) is 0 Å². The predicted molar refractivity (Wildman–Crippen MR) is 36.4 cm³/mol. The van der Waals surface area contributed by atoms with Crippen molar-refractivity contribution in [3.63, 3.8) is 0 Å². The molecule has 54 valence electrons. The zero-order chi connectivity index (χ0) is 10.1. The third-order valence-electron chi connectivity index (χ3n) is 1.33. The molecular weight excluding hydrogens is 116 g/mol. The molecule has 1 fully saturated rings. The summed E-state index contributed by atoms with van der Waals surface area (Å²) in [5, 5.41) is 12.0. The first-order chi connectivity index (χ1) is 5.86. The van der Waals surface area contributed by atoms with Gasteiger partial charge >= 0.3 is 0 Å². The van der Waals surface area contributed by atoms with Crippen molar-refractivity contribution < 1.29 is 10.6 Å². The van der Waals surface area contributed by atoms with Gasteiger partial charge in [-0.2, -0.15) is 0 Å². The Morgan fingerprint density at radius 1 is 1.56 bits per heavy atom. The van der Waals surface area contributed by atoms with Gasteiger partial charge in [0.25, 0.3) is 0 Å². The van der Waals surface area contributed by atoms with Crippen LogP contribution in [-0.2, 0) is 0 Å². The molecular formula is C6H14N2O. The van der Waals surface area contributed by atoms with E-state index in [0.717, 1.165) is 0 Å². The summed E-state index contributed by atoms with van der Waals surface area (Å²) >= 11 is 0. The Kier molecular flexibility index (Phi) is 1.41. The van der Waals surface area contributed by atoms with Crippen LogP contribution in [-0.4, -0.2) is 49.2 Å². The van der Waals surface area contributed by atoms with Gasteiger partial charge in [0.05, 0.1) is 9.30 Å². The maximum atomic E-state index is 8.99. The number of aliphatic hydroxyl groups is 1. The third kappa shape index (κ3) is 2.30. The van der Waals surface area contributed by atoms with Gasteiger partial charge in [0.15, 0.2) is 0 Å². The van der Waals surface area contributed by atoms with Crippen molar-refractivity contribution in [1.29, 1.82) is 0 Å². The molecule has 1 heterocycles. The molecule has 0 saturated carbocycles. The molecule has 0 aliphatic carbocycles. The predicted octanol–water partition coefficient (Wildman–Crippen LogP) is -1.12. The van der Waals surface area contributed by atoms with E-state index >= 15 is 0 Å². The summed E-state index contributed by atoms with van der Waals surface area (Å²) in [7, 11) is 0. The van der Waals surface area contributed by atoms with Gasteiger partial charge in [0.2, 0.25) is 0 Å². The van der Waals surface area contributed by atoms with E-state index < -0.39 is 13.1 Å². The first kappa shape index (κ1) is 3.32. The molecule has 9 heavy (non-hydrogen) atoms. The second kappa shape index (κ2) is 3.82. The van der Waals surface area contributed by atoms with Gasteiger partial charge in [-0.05, 0) is 0 Å². The average molecular weight is 134 g/mol. The van der Waals surface area contributed by atoms with Gasteiger partial charge in [0, 0.05) is 35.4 Å². The molecule has 0 atom stereocenters. The summed E-state index contributed by atoms with van der Waals surface area (Å²) in [6, 6.07) is 0. The average Bonchev–Trinajstić information content (AvgIpc) is 2.04. The molecule has 1 saturated heterocycles. The van der Waals surface area contributed by atoms with E-state index in [9.17, 15) is 0 Å². The smallest absolute Gasteiger partial charge is 0.0577 e. The van der Waals surface area contributed by atoms with E-state index in [1.807, 2.05) is 0 Å². The quantitative estimate of drug-likeness (QED) is 0.502. The number of β-amino-alcohol motifs (C(OH)–C–C–N with tert-alkyl or cyclic N) is 1. The van der Waals surface area contributed by atoms with Gasteiger partial charge in [-0.3, -0.25) is 4.90 Å². The molecule has 0 amide bonds. The van der Waals surface area contributed by atoms with Crippen molar-refractivity contribution >= 4 is 0 Å². The Balaban J connectivity index is 2.67. The summed E-state index contributed by atoms with van der Waals surface area (Å²) in [6.45, 7) is -3.06. The van der Waals surface area contributed by atoms with Crippen LogP contribution < -0.4 is 5.32 Å². The molecule has 0 radical (unpaired) electrons. The van der Waals surface area contributed by atoms with E-state index in [4.69, 9.17) is 10.6 Å². The lowest BCUT2D eigenvalue weighted by molar-refractivity contribution is 0.180. The maximum absolute atomic E-state index is 8.99. The minimum absolute atomic E-state index is 0.410. The number of hydrogen-bond donors (Lipinski definition) is 2. The van der Waals surface area contributed by atoms with Crippen LogP contribution in [0.5, 0.6) is 0 Å². The fraction of sp³-hybridized carbons (Fsp3) is 1.00. The maximum Gasteiger partial charge on any atom is 0.0577 e. The Morgan fingerprint density at radius 3 is 2.78 bits per heavy atom. The lowest BCUT2D eigenvalue weighted by Gasteiger charge is -2.25. The Bertz CT molecular complexity index is 176. The SMILES string of the molecule is [2H]C([2H])(O)C([2H])([2H])N1CCNCC1. The van der Waals surface area contributed by atoms with Crippen molar-refractivity contribution in [2.45, 2.75) is 0 Å². The second-order valence-corrected chi connectivity index (χ2v) is 1.96. The van der Waals surface area contributed by atoms with Crippen molar-refractivity contribution in [3.8, 4) is 0 Å². The van der Waals surface area contributed by atoms with Crippen LogP contribution >= 0.6 is 0 Å². The van der Waals surface area contributed by atoms with Gasteiger partial charge in [-0.1, -0.05) is 0 Å². The molecule has 0 aromatic rings. The zero-order valence-electron chi connectivity index (χ0n) is 9.22. The summed E-state index contributed by atoms with van der Waals surface area (Å²) in [4.78, 5) is 1.31. The summed E-state index contributed by atoms with van der Waals surface area (Å²) < 4.78 is 28.7. The molecule has 1 aliphatic heterocycles. The minimum Gasteiger partial charge on any atom is -0.395 e. The van der Waals surface area contributed by atoms with Gasteiger partial charge in [0.1, 0.15) is 0 Å². The number of nitrogens with one attached hydrogen (secondary N) is 1. The topological polar surface area (TPSA) is 35.5 Å². The van der Waals surface area contributed by atoms with Crippen molar-refractivity contribution in [1.82, 2.24) is 10.2 Å². The molecule has 0 aromatic carbocycles. The van der Waals surface area contributed by atoms with E-state index in [0.29, 0.717) is 26.2 Å². The highest BCUT2D eigenvalue weighted by molar-refractivity contribution is 4.66. The number of nitrogens with zero attached hydrogens (tertiary/aromatic N) is 1. The highest BCUT2D eigenvalue weighted by Gasteiger charge is 2.06. The van der Waals surface area contributed by atoms with Crippen LogP contribution in [0.1, 0.15) is 5.48 Å². The van der Waals surface area contributed by atoms with E-state index in [2.05, 4.69) is 5.32 Å². The summed E-state index contributed by atoms with van der Waals surface area (Å²) in [5.41, 5.74) is 0.